The van der Waals surface area contributed by atoms with E-state index in [4.69, 9.17) is 5.11 Å². The van der Waals surface area contributed by atoms with Gasteiger partial charge in [0.1, 0.15) is 6.04 Å². The van der Waals surface area contributed by atoms with Gasteiger partial charge >= 0.3 is 5.97 Å². The molecule has 2 unspecified atom stereocenters. The smallest absolute Gasteiger partial charge is 0.325 e. The van der Waals surface area contributed by atoms with Crippen molar-refractivity contribution in [2.45, 2.75) is 25.3 Å². The minimum atomic E-state index is -1.02. The van der Waals surface area contributed by atoms with Crippen LogP contribution in [0, 0.1) is 0 Å². The molecule has 1 aromatic rings. The van der Waals surface area contributed by atoms with E-state index in [0.717, 1.165) is 11.3 Å². The molecular formula is C13H16N2O3. The molecule has 96 valence electrons. The van der Waals surface area contributed by atoms with E-state index in [1.165, 1.54) is 6.92 Å². The zero-order chi connectivity index (χ0) is 13.1. The van der Waals surface area contributed by atoms with Crippen LogP contribution < -0.4 is 10.6 Å². The Hall–Kier alpha value is -2.04. The predicted octanol–water partition coefficient (Wildman–Crippen LogP) is 1.18. The third-order valence-corrected chi connectivity index (χ3v) is 3.12. The molecule has 1 heterocycles. The highest BCUT2D eigenvalue weighted by molar-refractivity contribution is 5.84. The van der Waals surface area contributed by atoms with Crippen molar-refractivity contribution >= 4 is 17.6 Å². The van der Waals surface area contributed by atoms with Crippen molar-refractivity contribution in [3.8, 4) is 0 Å². The number of nitrogens with one attached hydrogen (secondary N) is 2. The molecule has 3 N–H and O–H groups in total. The van der Waals surface area contributed by atoms with E-state index >= 15 is 0 Å². The monoisotopic (exact) mass is 248 g/mol. The van der Waals surface area contributed by atoms with E-state index in [1.54, 1.807) is 0 Å². The highest BCUT2D eigenvalue weighted by atomic mass is 16.4. The Morgan fingerprint density at radius 3 is 2.94 bits per heavy atom. The van der Waals surface area contributed by atoms with Crippen LogP contribution in [0.3, 0.4) is 0 Å². The summed E-state index contributed by atoms with van der Waals surface area (Å²) in [6, 6.07) is 7.01. The molecule has 0 bridgehead atoms. The molecule has 0 saturated heterocycles. The molecule has 0 fully saturated rings. The average molecular weight is 248 g/mol. The first-order chi connectivity index (χ1) is 8.58. The Bertz CT molecular complexity index is 473. The maximum Gasteiger partial charge on any atom is 0.325 e. The predicted molar refractivity (Wildman–Crippen MR) is 67.5 cm³/mol. The average Bonchev–Trinajstić information content (AvgIpc) is 2.72. The Balaban J connectivity index is 1.96. The quantitative estimate of drug-likeness (QED) is 0.747. The fourth-order valence-corrected chi connectivity index (χ4v) is 2.13. The summed E-state index contributed by atoms with van der Waals surface area (Å²) in [6.45, 7) is 2.18. The topological polar surface area (TPSA) is 78.4 Å². The molecule has 2 rings (SSSR count). The van der Waals surface area contributed by atoms with Gasteiger partial charge in [0.15, 0.2) is 0 Å². The highest BCUT2D eigenvalue weighted by Crippen LogP contribution is 2.32. The summed E-state index contributed by atoms with van der Waals surface area (Å²) in [5, 5.41) is 14.4. The molecule has 0 aliphatic carbocycles. The molecule has 0 radical (unpaired) electrons. The second-order valence-electron chi connectivity index (χ2n) is 4.50. The number of carboxylic acid groups (broad SMARTS) is 1. The Morgan fingerprint density at radius 1 is 1.50 bits per heavy atom. The van der Waals surface area contributed by atoms with E-state index in [2.05, 4.69) is 10.6 Å². The second-order valence-corrected chi connectivity index (χ2v) is 4.50. The van der Waals surface area contributed by atoms with Crippen molar-refractivity contribution < 1.29 is 14.7 Å². The van der Waals surface area contributed by atoms with Gasteiger partial charge in [-0.1, -0.05) is 18.2 Å². The number of aliphatic carboxylic acids is 1. The van der Waals surface area contributed by atoms with Crippen LogP contribution in [0.15, 0.2) is 24.3 Å². The van der Waals surface area contributed by atoms with Crippen molar-refractivity contribution in [1.82, 2.24) is 5.32 Å². The van der Waals surface area contributed by atoms with Gasteiger partial charge in [0, 0.05) is 24.6 Å². The lowest BCUT2D eigenvalue weighted by Crippen LogP contribution is -2.38. The number of benzene rings is 1. The number of para-hydroxylation sites is 1. The number of anilines is 1. The molecule has 18 heavy (non-hydrogen) atoms. The molecular weight excluding hydrogens is 232 g/mol. The molecule has 5 heteroatoms. The molecule has 1 aliphatic rings. The van der Waals surface area contributed by atoms with Gasteiger partial charge in [-0.3, -0.25) is 9.59 Å². The first kappa shape index (κ1) is 12.4. The number of amides is 1. The Labute approximate surface area is 105 Å². The highest BCUT2D eigenvalue weighted by Gasteiger charge is 2.25. The number of rotatable bonds is 4. The van der Waals surface area contributed by atoms with Gasteiger partial charge in [0.2, 0.25) is 5.91 Å². The van der Waals surface area contributed by atoms with Gasteiger partial charge in [-0.05, 0) is 18.6 Å². The fraction of sp³-hybridized carbons (Fsp3) is 0.385. The Kier molecular flexibility index (Phi) is 3.50. The number of carboxylic acids is 1. The van der Waals surface area contributed by atoms with Crippen LogP contribution in [-0.2, 0) is 9.59 Å². The molecule has 0 saturated carbocycles. The van der Waals surface area contributed by atoms with Crippen LogP contribution in [0.2, 0.25) is 0 Å². The molecule has 1 aromatic carbocycles. The SMILES string of the molecule is CC(NC(=O)CC1CNc2ccccc21)C(=O)O. The third kappa shape index (κ3) is 2.61. The van der Waals surface area contributed by atoms with Gasteiger partial charge in [0.05, 0.1) is 0 Å². The van der Waals surface area contributed by atoms with E-state index in [-0.39, 0.29) is 11.8 Å². The van der Waals surface area contributed by atoms with Crippen molar-refractivity contribution in [3.05, 3.63) is 29.8 Å². The first-order valence-electron chi connectivity index (χ1n) is 5.93. The van der Waals surface area contributed by atoms with Gasteiger partial charge in [-0.2, -0.15) is 0 Å². The van der Waals surface area contributed by atoms with Crippen molar-refractivity contribution in [1.29, 1.82) is 0 Å². The maximum absolute atomic E-state index is 11.7. The lowest BCUT2D eigenvalue weighted by atomic mass is 9.97. The van der Waals surface area contributed by atoms with E-state index in [0.29, 0.717) is 13.0 Å². The fourth-order valence-electron chi connectivity index (χ4n) is 2.13. The Morgan fingerprint density at radius 2 is 2.22 bits per heavy atom. The summed E-state index contributed by atoms with van der Waals surface area (Å²) in [5.41, 5.74) is 2.18. The number of fused-ring (bicyclic) bond motifs is 1. The standard InChI is InChI=1S/C13H16N2O3/c1-8(13(17)18)15-12(16)6-9-7-14-11-5-3-2-4-10(9)11/h2-5,8-9,14H,6-7H2,1H3,(H,15,16)(H,17,18). The third-order valence-electron chi connectivity index (χ3n) is 3.12. The first-order valence-corrected chi connectivity index (χ1v) is 5.93. The summed E-state index contributed by atoms with van der Waals surface area (Å²) in [4.78, 5) is 22.4. The normalized spacial score (nSPS) is 18.6. The molecule has 5 nitrogen and oxygen atoms in total. The molecule has 0 spiro atoms. The van der Waals surface area contributed by atoms with Gasteiger partial charge < -0.3 is 15.7 Å². The zero-order valence-electron chi connectivity index (χ0n) is 10.1. The van der Waals surface area contributed by atoms with Crippen LogP contribution in [0.25, 0.3) is 0 Å². The van der Waals surface area contributed by atoms with E-state index in [1.807, 2.05) is 24.3 Å². The minimum absolute atomic E-state index is 0.113. The van der Waals surface area contributed by atoms with Crippen molar-refractivity contribution in [3.63, 3.8) is 0 Å². The summed E-state index contributed by atoms with van der Waals surface area (Å²) in [5.74, 6) is -1.14. The van der Waals surface area contributed by atoms with Gasteiger partial charge in [0.25, 0.3) is 0 Å². The molecule has 1 aliphatic heterocycles. The number of hydrogen-bond acceptors (Lipinski definition) is 3. The van der Waals surface area contributed by atoms with Crippen LogP contribution in [0.4, 0.5) is 5.69 Å². The van der Waals surface area contributed by atoms with Gasteiger partial charge in [-0.15, -0.1) is 0 Å². The summed E-state index contributed by atoms with van der Waals surface area (Å²) >= 11 is 0. The van der Waals surface area contributed by atoms with Crippen molar-refractivity contribution in [2.24, 2.45) is 0 Å². The van der Waals surface area contributed by atoms with Crippen LogP contribution in [0.1, 0.15) is 24.8 Å². The molecule has 1 amide bonds. The number of hydrogen-bond donors (Lipinski definition) is 3. The van der Waals surface area contributed by atoms with Crippen LogP contribution in [-0.4, -0.2) is 29.6 Å². The van der Waals surface area contributed by atoms with E-state index in [9.17, 15) is 9.59 Å². The molecule has 2 atom stereocenters. The number of carbonyl (C=O) groups excluding carboxylic acids is 1. The van der Waals surface area contributed by atoms with Crippen LogP contribution in [0.5, 0.6) is 0 Å². The van der Waals surface area contributed by atoms with Crippen LogP contribution >= 0.6 is 0 Å². The lowest BCUT2D eigenvalue weighted by Gasteiger charge is -2.12. The van der Waals surface area contributed by atoms with E-state index < -0.39 is 12.0 Å². The summed E-state index contributed by atoms with van der Waals surface area (Å²) in [6.07, 6.45) is 0.307. The molecule has 0 aromatic heterocycles. The lowest BCUT2D eigenvalue weighted by molar-refractivity contribution is -0.141. The zero-order valence-corrected chi connectivity index (χ0v) is 10.1. The summed E-state index contributed by atoms with van der Waals surface area (Å²) < 4.78 is 0. The maximum atomic E-state index is 11.7. The largest absolute Gasteiger partial charge is 0.480 e. The summed E-state index contributed by atoms with van der Waals surface area (Å²) in [7, 11) is 0. The van der Waals surface area contributed by atoms with Gasteiger partial charge in [-0.25, -0.2) is 0 Å². The van der Waals surface area contributed by atoms with Crippen molar-refractivity contribution in [2.75, 3.05) is 11.9 Å². The number of carbonyl (C=O) groups is 2. The second kappa shape index (κ2) is 5.08. The minimum Gasteiger partial charge on any atom is -0.480 e.